The van der Waals surface area contributed by atoms with Gasteiger partial charge in [-0.05, 0) is 30.9 Å². The molecule has 4 rings (SSSR count). The molecule has 1 saturated carbocycles. The Labute approximate surface area is 173 Å². The van der Waals surface area contributed by atoms with Gasteiger partial charge >= 0.3 is 6.09 Å². The topological polar surface area (TPSA) is 89.3 Å². The highest BCUT2D eigenvalue weighted by atomic mass is 35.5. The zero-order valence-electron chi connectivity index (χ0n) is 16.1. The molecular weight excluding hydrogens is 392 g/mol. The van der Waals surface area contributed by atoms with Crippen molar-refractivity contribution in [1.29, 1.82) is 0 Å². The van der Waals surface area contributed by atoms with E-state index in [1.54, 1.807) is 0 Å². The lowest BCUT2D eigenvalue weighted by Gasteiger charge is -2.17. The van der Waals surface area contributed by atoms with Crippen molar-refractivity contribution in [3.05, 3.63) is 59.0 Å². The largest absolute Gasteiger partial charge is 0.465 e. The fraction of sp³-hybridized carbons (Fsp3) is 0.381. The van der Waals surface area contributed by atoms with E-state index in [-0.39, 0.29) is 12.5 Å². The number of carboxylic acid groups (broad SMARTS) is 1. The summed E-state index contributed by atoms with van der Waals surface area (Å²) >= 11 is 6.21. The summed E-state index contributed by atoms with van der Waals surface area (Å²) in [5.74, 6) is 0.617. The Morgan fingerprint density at radius 3 is 2.93 bits per heavy atom. The number of aryl methyl sites for hydroxylation is 1. The normalized spacial score (nSPS) is 19.2. The highest BCUT2D eigenvalue weighted by molar-refractivity contribution is 6.30. The highest BCUT2D eigenvalue weighted by Crippen LogP contribution is 2.49. The molecule has 1 aromatic carbocycles. The summed E-state index contributed by atoms with van der Waals surface area (Å²) in [7, 11) is 0. The van der Waals surface area contributed by atoms with Crippen LogP contribution in [-0.2, 0) is 11.3 Å². The van der Waals surface area contributed by atoms with Crippen molar-refractivity contribution in [3.63, 3.8) is 0 Å². The minimum absolute atomic E-state index is 0.279. The third kappa shape index (κ3) is 4.36. The van der Waals surface area contributed by atoms with Crippen molar-refractivity contribution < 1.29 is 14.6 Å². The van der Waals surface area contributed by atoms with Gasteiger partial charge in [0, 0.05) is 17.8 Å². The predicted octanol–water partition coefficient (Wildman–Crippen LogP) is 4.23. The van der Waals surface area contributed by atoms with Crippen molar-refractivity contribution in [2.45, 2.75) is 31.8 Å². The fourth-order valence-electron chi connectivity index (χ4n) is 3.77. The van der Waals surface area contributed by atoms with E-state index < -0.39 is 12.1 Å². The SMILES string of the molecule is CCn1ncc2cc(Cl)nc(C3CC3COC[C@@H](NC(=O)O)c3ccccc3)c21. The monoisotopic (exact) mass is 414 g/mol. The minimum Gasteiger partial charge on any atom is -0.465 e. The van der Waals surface area contributed by atoms with Gasteiger partial charge in [0.15, 0.2) is 0 Å². The molecule has 152 valence electrons. The molecule has 2 N–H and O–H groups in total. The first-order chi connectivity index (χ1) is 14.1. The minimum atomic E-state index is -1.06. The molecule has 2 unspecified atom stereocenters. The smallest absolute Gasteiger partial charge is 0.405 e. The third-order valence-corrected chi connectivity index (χ3v) is 5.50. The summed E-state index contributed by atoms with van der Waals surface area (Å²) in [5, 5.41) is 17.5. The van der Waals surface area contributed by atoms with Gasteiger partial charge in [-0.2, -0.15) is 5.10 Å². The standard InChI is InChI=1S/C21H23ClN4O3/c1-2-26-20-14(10-23-26)9-18(22)25-19(20)16-8-15(16)11-29-12-17(24-21(27)28)13-6-4-3-5-7-13/h3-7,9-10,15-17,24H,2,8,11-12H2,1H3,(H,27,28)/t15?,16?,17-/m1/s1. The molecule has 1 aliphatic carbocycles. The van der Waals surface area contributed by atoms with Gasteiger partial charge in [-0.25, -0.2) is 9.78 Å². The number of fused-ring (bicyclic) bond motifs is 1. The molecule has 7 nitrogen and oxygen atoms in total. The molecule has 1 aliphatic rings. The van der Waals surface area contributed by atoms with Gasteiger partial charge in [0.05, 0.1) is 36.7 Å². The zero-order chi connectivity index (χ0) is 20.4. The first-order valence-corrected chi connectivity index (χ1v) is 10.1. The number of rotatable bonds is 8. The molecule has 3 atom stereocenters. The van der Waals surface area contributed by atoms with E-state index in [4.69, 9.17) is 21.4 Å². The molecule has 1 fully saturated rings. The van der Waals surface area contributed by atoms with Gasteiger partial charge in [-0.15, -0.1) is 0 Å². The van der Waals surface area contributed by atoms with Crippen LogP contribution in [0.2, 0.25) is 5.15 Å². The zero-order valence-corrected chi connectivity index (χ0v) is 16.8. The lowest BCUT2D eigenvalue weighted by atomic mass is 10.1. The number of nitrogens with zero attached hydrogens (tertiary/aromatic N) is 3. The number of halogens is 1. The van der Waals surface area contributed by atoms with E-state index in [9.17, 15) is 4.79 Å². The van der Waals surface area contributed by atoms with E-state index >= 15 is 0 Å². The maximum absolute atomic E-state index is 11.1. The molecule has 0 spiro atoms. The number of aromatic nitrogens is 3. The van der Waals surface area contributed by atoms with Crippen LogP contribution in [0.4, 0.5) is 4.79 Å². The van der Waals surface area contributed by atoms with Crippen LogP contribution in [0.15, 0.2) is 42.6 Å². The summed E-state index contributed by atoms with van der Waals surface area (Å²) in [6.07, 6.45) is 1.73. The average molecular weight is 415 g/mol. The first kappa shape index (κ1) is 19.7. The van der Waals surface area contributed by atoms with Crippen molar-refractivity contribution in [3.8, 4) is 0 Å². The van der Waals surface area contributed by atoms with E-state index in [1.807, 2.05) is 47.3 Å². The quantitative estimate of drug-likeness (QED) is 0.538. The second-order valence-corrected chi connectivity index (χ2v) is 7.67. The van der Waals surface area contributed by atoms with E-state index in [2.05, 4.69) is 22.3 Å². The summed E-state index contributed by atoms with van der Waals surface area (Å²) in [6, 6.07) is 10.9. The Morgan fingerprint density at radius 1 is 1.41 bits per heavy atom. The second-order valence-electron chi connectivity index (χ2n) is 7.28. The van der Waals surface area contributed by atoms with E-state index in [0.717, 1.165) is 35.1 Å². The van der Waals surface area contributed by atoms with Crippen molar-refractivity contribution in [2.75, 3.05) is 13.2 Å². The van der Waals surface area contributed by atoms with Gasteiger partial charge in [0.2, 0.25) is 0 Å². The van der Waals surface area contributed by atoms with Crippen molar-refractivity contribution in [1.82, 2.24) is 20.1 Å². The van der Waals surface area contributed by atoms with Crippen LogP contribution in [0.1, 0.15) is 36.6 Å². The van der Waals surface area contributed by atoms with Crippen LogP contribution < -0.4 is 5.32 Å². The fourth-order valence-corrected chi connectivity index (χ4v) is 3.98. The van der Waals surface area contributed by atoms with E-state index in [1.165, 1.54) is 0 Å². The molecule has 29 heavy (non-hydrogen) atoms. The second kappa shape index (κ2) is 8.39. The van der Waals surface area contributed by atoms with Gasteiger partial charge in [-0.3, -0.25) is 4.68 Å². The van der Waals surface area contributed by atoms with Gasteiger partial charge in [0.1, 0.15) is 5.15 Å². The van der Waals surface area contributed by atoms with Gasteiger partial charge < -0.3 is 15.2 Å². The summed E-state index contributed by atoms with van der Waals surface area (Å²) < 4.78 is 7.85. The number of hydrogen-bond donors (Lipinski definition) is 2. The Bertz CT molecular complexity index is 1010. The van der Waals surface area contributed by atoms with Crippen LogP contribution in [0, 0.1) is 5.92 Å². The number of carbonyl (C=O) groups is 1. The maximum atomic E-state index is 11.1. The number of ether oxygens (including phenoxy) is 1. The number of amides is 1. The van der Waals surface area contributed by atoms with Crippen LogP contribution in [0.25, 0.3) is 10.9 Å². The third-order valence-electron chi connectivity index (χ3n) is 5.30. The molecule has 3 aromatic rings. The molecule has 2 aromatic heterocycles. The van der Waals surface area contributed by atoms with Gasteiger partial charge in [0.25, 0.3) is 0 Å². The Balaban J connectivity index is 1.41. The molecule has 0 saturated heterocycles. The Kier molecular flexibility index (Phi) is 5.69. The van der Waals surface area contributed by atoms with Crippen molar-refractivity contribution in [2.24, 2.45) is 5.92 Å². The van der Waals surface area contributed by atoms with Crippen LogP contribution >= 0.6 is 11.6 Å². The molecule has 8 heteroatoms. The lowest BCUT2D eigenvalue weighted by Crippen LogP contribution is -2.30. The number of nitrogens with one attached hydrogen (secondary N) is 1. The number of pyridine rings is 1. The summed E-state index contributed by atoms with van der Waals surface area (Å²) in [4.78, 5) is 15.7. The predicted molar refractivity (Wildman–Crippen MR) is 110 cm³/mol. The Hall–Kier alpha value is -2.64. The first-order valence-electron chi connectivity index (χ1n) is 9.71. The van der Waals surface area contributed by atoms with Crippen LogP contribution in [0.5, 0.6) is 0 Å². The molecule has 0 bridgehead atoms. The summed E-state index contributed by atoms with van der Waals surface area (Å²) in [5.41, 5.74) is 2.90. The van der Waals surface area contributed by atoms with Crippen molar-refractivity contribution >= 4 is 28.6 Å². The molecule has 1 amide bonds. The van der Waals surface area contributed by atoms with E-state index in [0.29, 0.717) is 17.7 Å². The molecular formula is C21H23ClN4O3. The molecule has 2 heterocycles. The highest BCUT2D eigenvalue weighted by Gasteiger charge is 2.41. The Morgan fingerprint density at radius 2 is 2.21 bits per heavy atom. The number of hydrogen-bond acceptors (Lipinski definition) is 4. The molecule has 0 radical (unpaired) electrons. The number of benzene rings is 1. The lowest BCUT2D eigenvalue weighted by molar-refractivity contribution is 0.0991. The molecule has 0 aliphatic heterocycles. The summed E-state index contributed by atoms with van der Waals surface area (Å²) in [6.45, 7) is 3.65. The van der Waals surface area contributed by atoms with Crippen LogP contribution in [-0.4, -0.2) is 39.2 Å². The van der Waals surface area contributed by atoms with Gasteiger partial charge in [-0.1, -0.05) is 41.9 Å². The average Bonchev–Trinajstić information content (AvgIpc) is 3.36. The maximum Gasteiger partial charge on any atom is 0.405 e. The van der Waals surface area contributed by atoms with Crippen LogP contribution in [0.3, 0.4) is 0 Å².